The fourth-order valence-electron chi connectivity index (χ4n) is 3.18. The summed E-state index contributed by atoms with van der Waals surface area (Å²) in [6, 6.07) is 18.0. The lowest BCUT2D eigenvalue weighted by Crippen LogP contribution is -2.20. The topological polar surface area (TPSA) is 54.4 Å². The number of pyridine rings is 1. The Morgan fingerprint density at radius 2 is 2.04 bits per heavy atom. The Balaban J connectivity index is 1.43. The molecule has 0 spiro atoms. The van der Waals surface area contributed by atoms with E-state index in [0.29, 0.717) is 16.6 Å². The predicted octanol–water partition coefficient (Wildman–Crippen LogP) is 4.45. The third-order valence-corrected chi connectivity index (χ3v) is 4.99. The summed E-state index contributed by atoms with van der Waals surface area (Å²) in [5.74, 6) is 0.221. The van der Waals surface area contributed by atoms with Gasteiger partial charge in [-0.3, -0.25) is 4.79 Å². The van der Waals surface area contributed by atoms with Crippen molar-refractivity contribution in [3.8, 4) is 0 Å². The van der Waals surface area contributed by atoms with E-state index >= 15 is 0 Å². The van der Waals surface area contributed by atoms with Crippen LogP contribution in [0.25, 0.3) is 10.9 Å². The van der Waals surface area contributed by atoms with E-state index in [4.69, 9.17) is 11.6 Å². The third kappa shape index (κ3) is 3.46. The molecule has 130 valence electrons. The van der Waals surface area contributed by atoms with E-state index in [9.17, 15) is 4.79 Å². The molecule has 5 heteroatoms. The first-order valence-corrected chi connectivity index (χ1v) is 8.94. The summed E-state index contributed by atoms with van der Waals surface area (Å²) >= 11 is 6.22. The minimum absolute atomic E-state index is 0.0117. The summed E-state index contributed by atoms with van der Waals surface area (Å²) in [4.78, 5) is 16.6. The third-order valence-electron chi connectivity index (χ3n) is 4.68. The van der Waals surface area contributed by atoms with E-state index in [0.717, 1.165) is 22.9 Å². The smallest absolute Gasteiger partial charge is 0.243 e. The fraction of sp³-hybridized carbons (Fsp3) is 0.190. The molecule has 3 aromatic rings. The maximum atomic E-state index is 12.2. The van der Waals surface area contributed by atoms with Gasteiger partial charge in [-0.05, 0) is 43.0 Å². The van der Waals surface area contributed by atoms with Gasteiger partial charge in [-0.25, -0.2) is 10.4 Å². The van der Waals surface area contributed by atoms with Gasteiger partial charge in [-0.1, -0.05) is 53.6 Å². The molecule has 0 bridgehead atoms. The van der Waals surface area contributed by atoms with E-state index in [2.05, 4.69) is 27.6 Å². The zero-order chi connectivity index (χ0) is 18.1. The second kappa shape index (κ2) is 6.89. The molecule has 0 saturated heterocycles. The number of aromatic nitrogens is 1. The molecule has 0 unspecified atom stereocenters. The summed E-state index contributed by atoms with van der Waals surface area (Å²) in [5.41, 5.74) is 6.50. The zero-order valence-electron chi connectivity index (χ0n) is 14.3. The van der Waals surface area contributed by atoms with Gasteiger partial charge in [-0.2, -0.15) is 5.10 Å². The molecule has 26 heavy (non-hydrogen) atoms. The van der Waals surface area contributed by atoms with Crippen molar-refractivity contribution >= 4 is 34.6 Å². The molecule has 1 aliphatic rings. The molecule has 2 aromatic carbocycles. The van der Waals surface area contributed by atoms with Gasteiger partial charge >= 0.3 is 0 Å². The van der Waals surface area contributed by atoms with Crippen molar-refractivity contribution in [2.75, 3.05) is 0 Å². The fourth-order valence-corrected chi connectivity index (χ4v) is 3.38. The molecule has 1 aliphatic carbocycles. The number of aryl methyl sites for hydroxylation is 1. The number of benzene rings is 2. The number of halogens is 1. The Kier molecular flexibility index (Phi) is 4.43. The quantitative estimate of drug-likeness (QED) is 0.423. The lowest BCUT2D eigenvalue weighted by Gasteiger charge is -2.03. The Morgan fingerprint density at radius 1 is 1.23 bits per heavy atom. The van der Waals surface area contributed by atoms with Crippen molar-refractivity contribution in [2.24, 2.45) is 11.0 Å². The Hall–Kier alpha value is -2.72. The van der Waals surface area contributed by atoms with E-state index in [1.54, 1.807) is 6.21 Å². The molecule has 4 rings (SSSR count). The normalized spacial score (nSPS) is 19.0. The molecule has 2 atom stereocenters. The Labute approximate surface area is 156 Å². The lowest BCUT2D eigenvalue weighted by molar-refractivity contribution is -0.122. The molecule has 1 aromatic heterocycles. The van der Waals surface area contributed by atoms with Gasteiger partial charge in [0.1, 0.15) is 5.15 Å². The molecule has 1 fully saturated rings. The summed E-state index contributed by atoms with van der Waals surface area (Å²) < 4.78 is 0. The number of hydrazone groups is 1. The van der Waals surface area contributed by atoms with Gasteiger partial charge in [-0.15, -0.1) is 0 Å². The first-order valence-electron chi connectivity index (χ1n) is 8.56. The molecule has 1 saturated carbocycles. The van der Waals surface area contributed by atoms with Gasteiger partial charge in [0.25, 0.3) is 0 Å². The average Bonchev–Trinajstić information content (AvgIpc) is 3.44. The molecular weight excluding hydrogens is 346 g/mol. The number of rotatable bonds is 4. The van der Waals surface area contributed by atoms with Crippen molar-refractivity contribution in [3.05, 3.63) is 76.4 Å². The van der Waals surface area contributed by atoms with Crippen molar-refractivity contribution in [1.82, 2.24) is 10.4 Å². The molecular formula is C21H18ClN3O. The first-order chi connectivity index (χ1) is 12.6. The maximum absolute atomic E-state index is 12.2. The summed E-state index contributed by atoms with van der Waals surface area (Å²) in [5, 5.41) is 5.43. The largest absolute Gasteiger partial charge is 0.273 e. The highest BCUT2D eigenvalue weighted by Crippen LogP contribution is 2.47. The highest BCUT2D eigenvalue weighted by molar-refractivity contribution is 6.32. The predicted molar refractivity (Wildman–Crippen MR) is 105 cm³/mol. The SMILES string of the molecule is Cc1ccc2nc(Cl)c(/C=N/NC(=O)[C@@H]3C[C@H]3c3ccccc3)cc2c1. The van der Waals surface area contributed by atoms with Crippen molar-refractivity contribution in [1.29, 1.82) is 0 Å². The summed E-state index contributed by atoms with van der Waals surface area (Å²) in [7, 11) is 0. The van der Waals surface area contributed by atoms with Crippen LogP contribution in [0.2, 0.25) is 5.15 Å². The van der Waals surface area contributed by atoms with Gasteiger partial charge in [0, 0.05) is 16.9 Å². The van der Waals surface area contributed by atoms with E-state index in [1.165, 1.54) is 5.56 Å². The van der Waals surface area contributed by atoms with Crippen molar-refractivity contribution < 1.29 is 4.79 Å². The van der Waals surface area contributed by atoms with Gasteiger partial charge in [0.2, 0.25) is 5.91 Å². The number of fused-ring (bicyclic) bond motifs is 1. The second-order valence-corrected chi connectivity index (χ2v) is 7.02. The number of nitrogens with zero attached hydrogens (tertiary/aromatic N) is 2. The zero-order valence-corrected chi connectivity index (χ0v) is 15.1. The van der Waals surface area contributed by atoms with Gasteiger partial charge in [0.15, 0.2) is 0 Å². The van der Waals surface area contributed by atoms with Crippen molar-refractivity contribution in [2.45, 2.75) is 19.3 Å². The monoisotopic (exact) mass is 363 g/mol. The number of nitrogens with one attached hydrogen (secondary N) is 1. The van der Waals surface area contributed by atoms with Crippen LogP contribution in [-0.4, -0.2) is 17.1 Å². The average molecular weight is 364 g/mol. The minimum Gasteiger partial charge on any atom is -0.273 e. The Bertz CT molecular complexity index is 1000. The van der Waals surface area contributed by atoms with Crippen LogP contribution >= 0.6 is 11.6 Å². The number of hydrogen-bond acceptors (Lipinski definition) is 3. The highest BCUT2D eigenvalue weighted by atomic mass is 35.5. The molecule has 4 nitrogen and oxygen atoms in total. The van der Waals surface area contributed by atoms with Crippen LogP contribution in [0.3, 0.4) is 0 Å². The molecule has 0 radical (unpaired) electrons. The minimum atomic E-state index is -0.0594. The van der Waals surface area contributed by atoms with Crippen LogP contribution in [-0.2, 0) is 4.79 Å². The lowest BCUT2D eigenvalue weighted by atomic mass is 10.1. The molecule has 1 amide bonds. The van der Waals surface area contributed by atoms with Gasteiger partial charge in [0.05, 0.1) is 11.7 Å². The van der Waals surface area contributed by atoms with Crippen molar-refractivity contribution in [3.63, 3.8) is 0 Å². The Morgan fingerprint density at radius 3 is 2.85 bits per heavy atom. The summed E-state index contributed by atoms with van der Waals surface area (Å²) in [6.07, 6.45) is 2.41. The number of carbonyl (C=O) groups is 1. The van der Waals surface area contributed by atoms with Crippen LogP contribution in [0.5, 0.6) is 0 Å². The van der Waals surface area contributed by atoms with Crippen LogP contribution in [0.15, 0.2) is 59.7 Å². The van der Waals surface area contributed by atoms with E-state index in [-0.39, 0.29) is 11.8 Å². The van der Waals surface area contributed by atoms with Crippen LogP contribution in [0.4, 0.5) is 0 Å². The molecule has 1 N–H and O–H groups in total. The summed E-state index contributed by atoms with van der Waals surface area (Å²) in [6.45, 7) is 2.03. The van der Waals surface area contributed by atoms with Crippen LogP contribution in [0, 0.1) is 12.8 Å². The van der Waals surface area contributed by atoms with Crippen LogP contribution in [0.1, 0.15) is 29.0 Å². The number of hydrogen-bond donors (Lipinski definition) is 1. The number of carbonyl (C=O) groups excluding carboxylic acids is 1. The molecule has 0 aliphatic heterocycles. The second-order valence-electron chi connectivity index (χ2n) is 6.66. The molecule has 1 heterocycles. The van der Waals surface area contributed by atoms with Gasteiger partial charge < -0.3 is 0 Å². The number of amides is 1. The first kappa shape index (κ1) is 16.7. The van der Waals surface area contributed by atoms with Crippen LogP contribution < -0.4 is 5.43 Å². The van der Waals surface area contributed by atoms with E-state index in [1.807, 2.05) is 49.4 Å². The highest BCUT2D eigenvalue weighted by Gasteiger charge is 2.43. The standard InChI is InChI=1S/C21H18ClN3O/c1-13-7-8-19-15(9-13)10-16(20(22)24-19)12-23-25-21(26)18-11-17(18)14-5-3-2-4-6-14/h2-10,12,17-18H,11H2,1H3,(H,25,26)/b23-12+/t17-,18+/m0/s1. The maximum Gasteiger partial charge on any atom is 0.243 e. The van der Waals surface area contributed by atoms with E-state index < -0.39 is 0 Å².